The number of aryl methyl sites for hydroxylation is 2. The van der Waals surface area contributed by atoms with Gasteiger partial charge in [-0.15, -0.1) is 4.36 Å². The molecule has 2 bridgehead atoms. The molecule has 2 aliphatic carbocycles. The minimum atomic E-state index is -3.52. The zero-order chi connectivity index (χ0) is 35.3. The number of rotatable bonds is 3. The quantitative estimate of drug-likeness (QED) is 0.306. The third kappa shape index (κ3) is 6.72. The van der Waals surface area contributed by atoms with Crippen molar-refractivity contribution >= 4 is 39.0 Å². The first-order chi connectivity index (χ1) is 23.9. The fraction of sp³-hybridized carbons (Fsp3) is 0.500. The van der Waals surface area contributed by atoms with E-state index in [1.54, 1.807) is 20.2 Å². The van der Waals surface area contributed by atoms with E-state index in [-0.39, 0.29) is 45.6 Å². The van der Waals surface area contributed by atoms with Crippen molar-refractivity contribution in [2.75, 3.05) is 37.5 Å². The maximum absolute atomic E-state index is 14.4. The summed E-state index contributed by atoms with van der Waals surface area (Å²) in [6.45, 7) is 6.25. The molecule has 1 saturated carbocycles. The summed E-state index contributed by atoms with van der Waals surface area (Å²) in [6.07, 6.45) is 12.7. The maximum atomic E-state index is 14.4. The molecular weight excluding hydrogens is 674 g/mol. The van der Waals surface area contributed by atoms with E-state index in [1.165, 1.54) is 28.2 Å². The summed E-state index contributed by atoms with van der Waals surface area (Å²) in [5.74, 6) is -0.411. The molecule has 3 aromatic rings. The number of aromatic nitrogens is 2. The van der Waals surface area contributed by atoms with Gasteiger partial charge in [0.25, 0.3) is 11.8 Å². The highest BCUT2D eigenvalue weighted by atomic mass is 35.5. The normalized spacial score (nSPS) is 31.7. The van der Waals surface area contributed by atoms with Gasteiger partial charge >= 0.3 is 0 Å². The number of benzene rings is 2. The summed E-state index contributed by atoms with van der Waals surface area (Å²) in [7, 11) is -0.0629. The summed E-state index contributed by atoms with van der Waals surface area (Å²) < 4.78 is 35.6. The zero-order valence-electron chi connectivity index (χ0n) is 29.2. The third-order valence-electron chi connectivity index (χ3n) is 11.3. The maximum Gasteiger partial charge on any atom is 0.286 e. The molecule has 6 atom stereocenters. The number of fused-ring (bicyclic) bond motifs is 4. The van der Waals surface area contributed by atoms with Crippen molar-refractivity contribution < 1.29 is 23.3 Å². The first-order valence-corrected chi connectivity index (χ1v) is 19.6. The van der Waals surface area contributed by atoms with Crippen LogP contribution < -0.4 is 14.4 Å². The summed E-state index contributed by atoms with van der Waals surface area (Å²) in [5, 5.41) is 4.80. The van der Waals surface area contributed by atoms with Gasteiger partial charge in [0.15, 0.2) is 0 Å². The van der Waals surface area contributed by atoms with E-state index >= 15 is 0 Å². The van der Waals surface area contributed by atoms with Crippen LogP contribution in [0.5, 0.6) is 5.75 Å². The highest BCUT2D eigenvalue weighted by Crippen LogP contribution is 2.52. The van der Waals surface area contributed by atoms with E-state index in [0.29, 0.717) is 25.3 Å². The highest BCUT2D eigenvalue weighted by molar-refractivity contribution is 7.92. The molecule has 1 N–H and O–H groups in total. The lowest BCUT2D eigenvalue weighted by Crippen LogP contribution is -2.54. The second kappa shape index (κ2) is 13.5. The monoisotopic (exact) mass is 719 g/mol. The summed E-state index contributed by atoms with van der Waals surface area (Å²) in [6, 6.07) is 11.6. The number of carbonyl (C=O) groups excluding carboxylic acids is 2. The molecular formula is C38H46ClN5O5S. The predicted molar refractivity (Wildman–Crippen MR) is 195 cm³/mol. The molecule has 1 aromatic heterocycles. The van der Waals surface area contributed by atoms with Gasteiger partial charge in [-0.1, -0.05) is 43.7 Å². The van der Waals surface area contributed by atoms with Crippen molar-refractivity contribution in [3.05, 3.63) is 88.2 Å². The Morgan fingerprint density at radius 2 is 2.02 bits per heavy atom. The first kappa shape index (κ1) is 34.8. The van der Waals surface area contributed by atoms with Crippen LogP contribution in [-0.4, -0.2) is 64.5 Å². The van der Waals surface area contributed by atoms with Crippen molar-refractivity contribution in [3.8, 4) is 5.75 Å². The Hall–Kier alpha value is -3.67. The Morgan fingerprint density at radius 3 is 2.76 bits per heavy atom. The number of hydrogen-bond donors (Lipinski definition) is 1. The van der Waals surface area contributed by atoms with Crippen LogP contribution in [0.15, 0.2) is 65.3 Å². The average Bonchev–Trinajstić information content (AvgIpc) is 3.45. The van der Waals surface area contributed by atoms with Crippen molar-refractivity contribution in [2.24, 2.45) is 28.7 Å². The molecule has 0 saturated heterocycles. The number of amides is 2. The lowest BCUT2D eigenvalue weighted by Gasteiger charge is -2.53. The van der Waals surface area contributed by atoms with Gasteiger partial charge in [0.1, 0.15) is 15.7 Å². The van der Waals surface area contributed by atoms with Crippen molar-refractivity contribution in [1.29, 1.82) is 0 Å². The second-order valence-electron chi connectivity index (χ2n) is 15.1. The summed E-state index contributed by atoms with van der Waals surface area (Å²) in [4.78, 5) is 29.6. The molecule has 4 aliphatic rings. The van der Waals surface area contributed by atoms with Gasteiger partial charge in [-0.25, -0.2) is 4.21 Å². The SMILES string of the molecule is CO[C@H]1/C=C/C[C@H](C)CS(=O)(NC(=O)c2cnn(C)c2)=NC(=O)c2ccc3c(c2)N(C[C@@]2(CCCc4cc(Cl)ccc42)CO3)C[C@@]2(C)CC[C@@H]12. The van der Waals surface area contributed by atoms with Crippen LogP contribution in [0.1, 0.15) is 77.8 Å². The Balaban J connectivity index is 1.33. The zero-order valence-corrected chi connectivity index (χ0v) is 30.8. The number of anilines is 1. The van der Waals surface area contributed by atoms with Crippen LogP contribution in [0.3, 0.4) is 0 Å². The Morgan fingerprint density at radius 1 is 1.18 bits per heavy atom. The lowest BCUT2D eigenvalue weighted by atomic mass is 9.58. The standard InChI is InChI=1S/C38H46ClN5O5S/c1-25-7-5-9-33(48-4)31-14-16-37(31,2)22-44-23-38(15-6-8-26-17-29(39)11-12-30(26)38)24-49-34-13-10-27(18-32(34)44)35(45)41-50(47,21-25)42-36(46)28-19-40-43(3)20-28/h5,9-13,17-20,25,31,33H,6-8,14-16,21-24H2,1-4H3,(H,41,42,45,46,47)/b9-5+/t25-,31-,33-,37+,38-,50?/m0/s1. The molecule has 2 aromatic carbocycles. The van der Waals surface area contributed by atoms with Crippen LogP contribution in [0, 0.1) is 17.3 Å². The lowest BCUT2D eigenvalue weighted by molar-refractivity contribution is -0.0438. The van der Waals surface area contributed by atoms with Gasteiger partial charge in [-0.05, 0) is 97.2 Å². The molecule has 10 nitrogen and oxygen atoms in total. The number of allylic oxidation sites excluding steroid dienone is 1. The van der Waals surface area contributed by atoms with E-state index in [9.17, 15) is 13.8 Å². The molecule has 1 unspecified atom stereocenters. The van der Waals surface area contributed by atoms with Gasteiger partial charge in [-0.3, -0.25) is 19.0 Å². The van der Waals surface area contributed by atoms with E-state index < -0.39 is 21.7 Å². The van der Waals surface area contributed by atoms with E-state index in [4.69, 9.17) is 21.1 Å². The number of ether oxygens (including phenoxy) is 2. The predicted octanol–water partition coefficient (Wildman–Crippen LogP) is 6.53. The fourth-order valence-electron chi connectivity index (χ4n) is 8.53. The fourth-order valence-corrected chi connectivity index (χ4v) is 10.6. The smallest absolute Gasteiger partial charge is 0.286 e. The molecule has 2 amide bonds. The van der Waals surface area contributed by atoms with E-state index in [2.05, 4.69) is 50.3 Å². The Kier molecular flexibility index (Phi) is 9.36. The van der Waals surface area contributed by atoms with Gasteiger partial charge < -0.3 is 14.4 Å². The van der Waals surface area contributed by atoms with Crippen LogP contribution >= 0.6 is 11.6 Å². The van der Waals surface area contributed by atoms with Gasteiger partial charge in [0.05, 0.1) is 35.9 Å². The molecule has 266 valence electrons. The summed E-state index contributed by atoms with van der Waals surface area (Å²) in [5.41, 5.74) is 3.54. The van der Waals surface area contributed by atoms with E-state index in [0.717, 1.165) is 49.4 Å². The molecule has 1 fully saturated rings. The average molecular weight is 720 g/mol. The minimum absolute atomic E-state index is 0.00000286. The Bertz CT molecular complexity index is 1970. The largest absolute Gasteiger partial charge is 0.490 e. The molecule has 0 radical (unpaired) electrons. The third-order valence-corrected chi connectivity index (χ3v) is 13.5. The van der Waals surface area contributed by atoms with Crippen molar-refractivity contribution in [2.45, 2.75) is 63.9 Å². The second-order valence-corrected chi connectivity index (χ2v) is 17.5. The number of nitrogens with zero attached hydrogens (tertiary/aromatic N) is 4. The molecule has 2 aliphatic heterocycles. The number of nitrogens with one attached hydrogen (secondary N) is 1. The number of hydrogen-bond acceptors (Lipinski definition) is 7. The topological polar surface area (TPSA) is 115 Å². The van der Waals surface area contributed by atoms with Crippen LogP contribution in [0.4, 0.5) is 5.69 Å². The molecule has 50 heavy (non-hydrogen) atoms. The number of methoxy groups -OCH3 is 1. The number of carbonyl (C=O) groups is 2. The molecule has 12 heteroatoms. The van der Waals surface area contributed by atoms with Crippen LogP contribution in [0.25, 0.3) is 0 Å². The minimum Gasteiger partial charge on any atom is -0.490 e. The molecule has 1 spiro atoms. The summed E-state index contributed by atoms with van der Waals surface area (Å²) >= 11 is 6.46. The van der Waals surface area contributed by atoms with Gasteiger partial charge in [0, 0.05) is 49.4 Å². The Labute approximate surface area is 299 Å². The van der Waals surface area contributed by atoms with Crippen molar-refractivity contribution in [3.63, 3.8) is 0 Å². The van der Waals surface area contributed by atoms with Gasteiger partial charge in [-0.2, -0.15) is 5.10 Å². The van der Waals surface area contributed by atoms with Crippen LogP contribution in [0.2, 0.25) is 5.02 Å². The van der Waals surface area contributed by atoms with E-state index in [1.807, 2.05) is 25.1 Å². The van der Waals surface area contributed by atoms with Crippen molar-refractivity contribution in [1.82, 2.24) is 14.5 Å². The van der Waals surface area contributed by atoms with Gasteiger partial charge in [0.2, 0.25) is 0 Å². The number of halogens is 1. The molecule has 7 rings (SSSR count). The molecule has 3 heterocycles. The first-order valence-electron chi connectivity index (χ1n) is 17.5. The highest BCUT2D eigenvalue weighted by Gasteiger charge is 2.50. The van der Waals surface area contributed by atoms with Crippen LogP contribution in [-0.2, 0) is 33.5 Å².